The zero-order valence-corrected chi connectivity index (χ0v) is 17.4. The number of aryl methyl sites for hydroxylation is 1. The summed E-state index contributed by atoms with van der Waals surface area (Å²) in [6.45, 7) is 2.60. The van der Waals surface area contributed by atoms with E-state index >= 15 is 0 Å². The Morgan fingerprint density at radius 2 is 2.10 bits per heavy atom. The molecule has 9 heteroatoms. The Labute approximate surface area is 177 Å². The summed E-state index contributed by atoms with van der Waals surface area (Å²) in [5.41, 5.74) is 0.827. The van der Waals surface area contributed by atoms with Crippen molar-refractivity contribution in [1.29, 1.82) is 0 Å². The third kappa shape index (κ3) is 4.73. The van der Waals surface area contributed by atoms with E-state index in [1.807, 2.05) is 25.1 Å². The van der Waals surface area contributed by atoms with Crippen molar-refractivity contribution in [2.75, 3.05) is 18.5 Å². The quantitative estimate of drug-likeness (QED) is 0.611. The van der Waals surface area contributed by atoms with Gasteiger partial charge in [0.25, 0.3) is 5.91 Å². The molecule has 4 rings (SSSR count). The van der Waals surface area contributed by atoms with Gasteiger partial charge in [-0.3, -0.25) is 4.79 Å². The van der Waals surface area contributed by atoms with E-state index in [1.165, 1.54) is 35.6 Å². The van der Waals surface area contributed by atoms with Crippen molar-refractivity contribution >= 4 is 28.2 Å². The van der Waals surface area contributed by atoms with Gasteiger partial charge in [-0.1, -0.05) is 24.3 Å². The number of likely N-dealkylation sites (tertiary alicyclic amines) is 1. The lowest BCUT2D eigenvalue weighted by molar-refractivity contribution is -0.134. The van der Waals surface area contributed by atoms with Crippen LogP contribution in [-0.2, 0) is 11.2 Å². The lowest BCUT2D eigenvalue weighted by Gasteiger charge is -2.24. The molecule has 1 aliphatic rings. The summed E-state index contributed by atoms with van der Waals surface area (Å²) in [5.74, 6) is 0.687. The van der Waals surface area contributed by atoms with Gasteiger partial charge in [-0.15, -0.1) is 10.2 Å². The highest BCUT2D eigenvalue weighted by molar-refractivity contribution is 7.15. The zero-order chi connectivity index (χ0) is 20.9. The minimum atomic E-state index is -0.340. The van der Waals surface area contributed by atoms with Crippen molar-refractivity contribution in [3.05, 3.63) is 59.0 Å². The molecule has 1 saturated heterocycles. The van der Waals surface area contributed by atoms with Gasteiger partial charge in [0.05, 0.1) is 11.7 Å². The number of ether oxygens (including phenoxy) is 1. The molecule has 0 saturated carbocycles. The second-order valence-corrected chi connectivity index (χ2v) is 7.98. The number of hydrogen-bond donors (Lipinski definition) is 1. The van der Waals surface area contributed by atoms with E-state index in [0.29, 0.717) is 23.2 Å². The van der Waals surface area contributed by atoms with Gasteiger partial charge in [-0.05, 0) is 55.7 Å². The topological polar surface area (TPSA) is 80.2 Å². The maximum absolute atomic E-state index is 13.0. The van der Waals surface area contributed by atoms with Crippen LogP contribution >= 0.6 is 11.3 Å². The van der Waals surface area contributed by atoms with E-state index in [1.54, 1.807) is 4.90 Å². The normalized spacial score (nSPS) is 15.9. The summed E-state index contributed by atoms with van der Waals surface area (Å²) in [6.07, 6.45) is 2.59. The van der Waals surface area contributed by atoms with Gasteiger partial charge >= 0.3 is 0 Å². The van der Waals surface area contributed by atoms with Crippen LogP contribution in [-0.4, -0.2) is 39.1 Å². The van der Waals surface area contributed by atoms with Gasteiger partial charge in [0.15, 0.2) is 6.61 Å². The molecule has 156 valence electrons. The third-order valence-electron chi connectivity index (χ3n) is 4.87. The number of hydrogen-bond acceptors (Lipinski definition) is 7. The van der Waals surface area contributed by atoms with E-state index < -0.39 is 0 Å². The molecule has 0 spiro atoms. The van der Waals surface area contributed by atoms with E-state index in [2.05, 4.69) is 15.5 Å². The van der Waals surface area contributed by atoms with Crippen LogP contribution in [0.15, 0.2) is 42.5 Å². The Balaban J connectivity index is 1.42. The number of amides is 1. The first-order valence-electron chi connectivity index (χ1n) is 9.86. The SMILES string of the molecule is CCc1nnc(Nc2cccc([C@H]3CCCN3C(=O)COc3ccc(F)cc3)n2)s1. The highest BCUT2D eigenvalue weighted by Gasteiger charge is 2.31. The molecule has 1 fully saturated rings. The van der Waals surface area contributed by atoms with Crippen molar-refractivity contribution in [2.45, 2.75) is 32.2 Å². The van der Waals surface area contributed by atoms with Gasteiger partial charge in [-0.25, -0.2) is 9.37 Å². The van der Waals surface area contributed by atoms with Crippen LogP contribution in [0.2, 0.25) is 0 Å². The number of carbonyl (C=O) groups is 1. The first-order chi connectivity index (χ1) is 14.6. The molecule has 0 bridgehead atoms. The van der Waals surface area contributed by atoms with E-state index in [0.717, 1.165) is 30.0 Å². The predicted molar refractivity (Wildman–Crippen MR) is 112 cm³/mol. The molecule has 2 aromatic heterocycles. The summed E-state index contributed by atoms with van der Waals surface area (Å²) in [6, 6.07) is 11.3. The monoisotopic (exact) mass is 427 g/mol. The lowest BCUT2D eigenvalue weighted by atomic mass is 10.1. The van der Waals surface area contributed by atoms with Crippen LogP contribution in [0, 0.1) is 5.82 Å². The van der Waals surface area contributed by atoms with Crippen molar-refractivity contribution in [3.8, 4) is 5.75 Å². The number of pyridine rings is 1. The first kappa shape index (κ1) is 20.2. The summed E-state index contributed by atoms with van der Waals surface area (Å²) in [5, 5.41) is 13.1. The molecule has 30 heavy (non-hydrogen) atoms. The number of benzene rings is 1. The number of halogens is 1. The molecular weight excluding hydrogens is 405 g/mol. The number of rotatable bonds is 7. The van der Waals surface area contributed by atoms with Gasteiger partial charge in [-0.2, -0.15) is 0 Å². The van der Waals surface area contributed by atoms with Crippen molar-refractivity contribution in [2.24, 2.45) is 0 Å². The molecule has 1 atom stereocenters. The third-order valence-corrected chi connectivity index (χ3v) is 5.85. The fourth-order valence-electron chi connectivity index (χ4n) is 3.39. The van der Waals surface area contributed by atoms with Crippen molar-refractivity contribution in [3.63, 3.8) is 0 Å². The minimum Gasteiger partial charge on any atom is -0.484 e. The number of carbonyl (C=O) groups excluding carboxylic acids is 1. The van der Waals surface area contributed by atoms with Gasteiger partial charge in [0.1, 0.15) is 22.4 Å². The Hall–Kier alpha value is -3.07. The summed E-state index contributed by atoms with van der Waals surface area (Å²) >= 11 is 1.50. The van der Waals surface area contributed by atoms with Crippen LogP contribution in [0.5, 0.6) is 5.75 Å². The average Bonchev–Trinajstić information content (AvgIpc) is 3.43. The fourth-order valence-corrected chi connectivity index (χ4v) is 4.08. The largest absolute Gasteiger partial charge is 0.484 e. The Morgan fingerprint density at radius 1 is 1.27 bits per heavy atom. The van der Waals surface area contributed by atoms with E-state index in [4.69, 9.17) is 9.72 Å². The number of aromatic nitrogens is 3. The number of nitrogens with one attached hydrogen (secondary N) is 1. The summed E-state index contributed by atoms with van der Waals surface area (Å²) in [7, 11) is 0. The molecule has 1 N–H and O–H groups in total. The lowest BCUT2D eigenvalue weighted by Crippen LogP contribution is -2.34. The molecule has 3 heterocycles. The summed E-state index contributed by atoms with van der Waals surface area (Å²) < 4.78 is 18.5. The molecule has 0 aliphatic carbocycles. The molecule has 3 aromatic rings. The van der Waals surface area contributed by atoms with Crippen LogP contribution in [0.25, 0.3) is 0 Å². The second kappa shape index (κ2) is 9.17. The Morgan fingerprint density at radius 3 is 2.87 bits per heavy atom. The van der Waals surface area contributed by atoms with Crippen LogP contribution in [0.1, 0.15) is 36.5 Å². The molecule has 1 aromatic carbocycles. The molecule has 0 unspecified atom stereocenters. The zero-order valence-electron chi connectivity index (χ0n) is 16.5. The number of nitrogens with zero attached hydrogens (tertiary/aromatic N) is 4. The Kier molecular flexibility index (Phi) is 6.18. The maximum atomic E-state index is 13.0. The summed E-state index contributed by atoms with van der Waals surface area (Å²) in [4.78, 5) is 19.2. The van der Waals surface area contributed by atoms with E-state index in [-0.39, 0.29) is 24.4 Å². The predicted octanol–water partition coefficient (Wildman–Crippen LogP) is 4.12. The van der Waals surface area contributed by atoms with E-state index in [9.17, 15) is 9.18 Å². The molecular formula is C21H22FN5O2S. The molecule has 1 amide bonds. The van der Waals surface area contributed by atoms with Crippen molar-refractivity contribution < 1.29 is 13.9 Å². The van der Waals surface area contributed by atoms with Crippen LogP contribution < -0.4 is 10.1 Å². The van der Waals surface area contributed by atoms with Gasteiger partial charge in [0, 0.05) is 6.54 Å². The van der Waals surface area contributed by atoms with Gasteiger partial charge < -0.3 is 15.0 Å². The molecule has 0 radical (unpaired) electrons. The fraction of sp³-hybridized carbons (Fsp3) is 0.333. The van der Waals surface area contributed by atoms with Crippen LogP contribution in [0.4, 0.5) is 15.3 Å². The Bertz CT molecular complexity index is 1010. The smallest absolute Gasteiger partial charge is 0.261 e. The highest BCUT2D eigenvalue weighted by atomic mass is 32.1. The van der Waals surface area contributed by atoms with Gasteiger partial charge in [0.2, 0.25) is 5.13 Å². The second-order valence-electron chi connectivity index (χ2n) is 6.91. The minimum absolute atomic E-state index is 0.0926. The number of anilines is 2. The van der Waals surface area contributed by atoms with Crippen LogP contribution in [0.3, 0.4) is 0 Å². The standard InChI is InChI=1S/C21H22FN5O2S/c1-2-19-25-26-21(30-19)24-18-7-3-5-16(23-18)17-6-4-12-27(17)20(28)13-29-15-10-8-14(22)9-11-15/h3,5,7-11,17H,2,4,6,12-13H2,1H3,(H,23,24,26)/t17-/m1/s1. The highest BCUT2D eigenvalue weighted by Crippen LogP contribution is 2.32. The molecule has 1 aliphatic heterocycles. The first-order valence-corrected chi connectivity index (χ1v) is 10.7. The maximum Gasteiger partial charge on any atom is 0.261 e. The molecule has 7 nitrogen and oxygen atoms in total. The van der Waals surface area contributed by atoms with Crippen molar-refractivity contribution in [1.82, 2.24) is 20.1 Å². The average molecular weight is 428 g/mol.